The Morgan fingerprint density at radius 3 is 2.80 bits per heavy atom. The van der Waals surface area contributed by atoms with E-state index in [2.05, 4.69) is 20.0 Å². The summed E-state index contributed by atoms with van der Waals surface area (Å²) in [5, 5.41) is 4.81. The minimum Gasteiger partial charge on any atom is -0.367 e. The molecule has 0 spiro atoms. The Morgan fingerprint density at radius 2 is 2.10 bits per heavy atom. The summed E-state index contributed by atoms with van der Waals surface area (Å²) in [5.74, 6) is 0.681. The Bertz CT molecular complexity index is 669. The van der Waals surface area contributed by atoms with E-state index in [0.29, 0.717) is 16.6 Å². The van der Waals surface area contributed by atoms with Gasteiger partial charge in [0, 0.05) is 19.3 Å². The van der Waals surface area contributed by atoms with Crippen LogP contribution >= 0.6 is 11.3 Å². The molecule has 0 radical (unpaired) electrons. The highest BCUT2D eigenvalue weighted by molar-refractivity contribution is 7.91. The lowest BCUT2D eigenvalue weighted by Gasteiger charge is -2.09. The summed E-state index contributed by atoms with van der Waals surface area (Å²) >= 11 is 1.20. The van der Waals surface area contributed by atoms with Crippen LogP contribution in [-0.4, -0.2) is 31.5 Å². The Balaban J connectivity index is 1.87. The Morgan fingerprint density at radius 1 is 1.30 bits per heavy atom. The lowest BCUT2D eigenvalue weighted by Crippen LogP contribution is -2.28. The number of nitrogens with zero attached hydrogens (tertiary/aromatic N) is 2. The SMILES string of the molecule is Cc1cnc(C)c(NCCNS(=O)(=O)c2cccs2)n1. The number of aromatic nitrogens is 2. The van der Waals surface area contributed by atoms with E-state index in [9.17, 15) is 8.42 Å². The van der Waals surface area contributed by atoms with Crippen LogP contribution in [0, 0.1) is 13.8 Å². The standard InChI is InChI=1S/C12H16N4O2S2/c1-9-8-14-10(2)12(16-9)13-5-6-15-20(17,18)11-4-3-7-19-11/h3-4,7-8,15H,5-6H2,1-2H3,(H,13,16). The maximum atomic E-state index is 11.9. The van der Waals surface area contributed by atoms with Gasteiger partial charge in [0.05, 0.1) is 11.4 Å². The fourth-order valence-electron chi connectivity index (χ4n) is 1.56. The van der Waals surface area contributed by atoms with Gasteiger partial charge in [-0.15, -0.1) is 11.3 Å². The second-order valence-electron chi connectivity index (χ2n) is 4.20. The average Bonchev–Trinajstić information content (AvgIpc) is 2.93. The van der Waals surface area contributed by atoms with Gasteiger partial charge in [0.1, 0.15) is 10.0 Å². The smallest absolute Gasteiger partial charge is 0.250 e. The first-order valence-electron chi connectivity index (χ1n) is 6.06. The van der Waals surface area contributed by atoms with Crippen molar-refractivity contribution in [3.63, 3.8) is 0 Å². The van der Waals surface area contributed by atoms with Gasteiger partial charge < -0.3 is 5.32 Å². The predicted molar refractivity (Wildman–Crippen MR) is 79.5 cm³/mol. The molecule has 0 fully saturated rings. The van der Waals surface area contributed by atoms with Crippen LogP contribution < -0.4 is 10.0 Å². The molecule has 2 rings (SSSR count). The third kappa shape index (κ3) is 3.75. The number of anilines is 1. The van der Waals surface area contributed by atoms with Crippen molar-refractivity contribution in [1.82, 2.24) is 14.7 Å². The van der Waals surface area contributed by atoms with Crippen molar-refractivity contribution < 1.29 is 8.42 Å². The monoisotopic (exact) mass is 312 g/mol. The van der Waals surface area contributed by atoms with Crippen molar-refractivity contribution in [2.45, 2.75) is 18.1 Å². The summed E-state index contributed by atoms with van der Waals surface area (Å²) in [6, 6.07) is 3.29. The van der Waals surface area contributed by atoms with E-state index >= 15 is 0 Å². The Hall–Kier alpha value is -1.51. The van der Waals surface area contributed by atoms with Gasteiger partial charge in [-0.3, -0.25) is 4.98 Å². The van der Waals surface area contributed by atoms with Gasteiger partial charge in [0.25, 0.3) is 0 Å². The number of sulfonamides is 1. The molecule has 2 aromatic rings. The van der Waals surface area contributed by atoms with Crippen LogP contribution in [0.2, 0.25) is 0 Å². The molecule has 0 bridgehead atoms. The number of rotatable bonds is 6. The molecule has 2 N–H and O–H groups in total. The third-order valence-corrected chi connectivity index (χ3v) is 5.40. The van der Waals surface area contributed by atoms with Crippen LogP contribution in [0.15, 0.2) is 27.9 Å². The average molecular weight is 312 g/mol. The topological polar surface area (TPSA) is 84.0 Å². The van der Waals surface area contributed by atoms with E-state index < -0.39 is 10.0 Å². The fourth-order valence-corrected chi connectivity index (χ4v) is 3.63. The zero-order valence-corrected chi connectivity index (χ0v) is 12.9. The highest BCUT2D eigenvalue weighted by Crippen LogP contribution is 2.15. The van der Waals surface area contributed by atoms with Crippen LogP contribution in [0.5, 0.6) is 0 Å². The molecule has 0 amide bonds. The molecule has 0 aliphatic carbocycles. The second kappa shape index (κ2) is 6.29. The first-order valence-corrected chi connectivity index (χ1v) is 8.42. The lowest BCUT2D eigenvalue weighted by molar-refractivity contribution is 0.585. The molecule has 0 atom stereocenters. The number of thiophene rings is 1. The predicted octanol–water partition coefficient (Wildman–Crippen LogP) is 1.55. The highest BCUT2D eigenvalue weighted by Gasteiger charge is 2.13. The summed E-state index contributed by atoms with van der Waals surface area (Å²) in [6.45, 7) is 4.45. The van der Waals surface area contributed by atoms with Crippen LogP contribution in [0.1, 0.15) is 11.4 Å². The van der Waals surface area contributed by atoms with Gasteiger partial charge in [-0.2, -0.15) is 0 Å². The quantitative estimate of drug-likeness (QED) is 0.791. The molecule has 6 nitrogen and oxygen atoms in total. The molecule has 2 heterocycles. The van der Waals surface area contributed by atoms with Crippen LogP contribution in [0.3, 0.4) is 0 Å². The molecule has 0 aliphatic rings. The molecular weight excluding hydrogens is 296 g/mol. The summed E-state index contributed by atoms with van der Waals surface area (Å²) in [5.41, 5.74) is 1.61. The normalized spacial score (nSPS) is 11.5. The van der Waals surface area contributed by atoms with Crippen molar-refractivity contribution in [1.29, 1.82) is 0 Å². The Kier molecular flexibility index (Phi) is 4.69. The minimum atomic E-state index is -3.40. The van der Waals surface area contributed by atoms with Gasteiger partial charge >= 0.3 is 0 Å². The first-order chi connectivity index (χ1) is 9.49. The van der Waals surface area contributed by atoms with Crippen LogP contribution in [-0.2, 0) is 10.0 Å². The number of nitrogens with one attached hydrogen (secondary N) is 2. The largest absolute Gasteiger partial charge is 0.367 e. The summed E-state index contributed by atoms with van der Waals surface area (Å²) in [6.07, 6.45) is 1.69. The van der Waals surface area contributed by atoms with Crippen LogP contribution in [0.25, 0.3) is 0 Å². The van der Waals surface area contributed by atoms with Crippen molar-refractivity contribution >= 4 is 27.2 Å². The fraction of sp³-hybridized carbons (Fsp3) is 0.333. The maximum absolute atomic E-state index is 11.9. The number of aryl methyl sites for hydroxylation is 2. The molecule has 0 saturated heterocycles. The molecule has 0 aromatic carbocycles. The summed E-state index contributed by atoms with van der Waals surface area (Å²) in [4.78, 5) is 8.49. The number of hydrogen-bond donors (Lipinski definition) is 2. The molecule has 2 aromatic heterocycles. The molecule has 0 saturated carbocycles. The highest BCUT2D eigenvalue weighted by atomic mass is 32.2. The van der Waals surface area contributed by atoms with Crippen molar-refractivity contribution in [2.24, 2.45) is 0 Å². The lowest BCUT2D eigenvalue weighted by atomic mass is 10.4. The molecule has 108 valence electrons. The van der Waals surface area contributed by atoms with E-state index in [1.165, 1.54) is 11.3 Å². The van der Waals surface area contributed by atoms with Gasteiger partial charge in [0.15, 0.2) is 0 Å². The molecule has 20 heavy (non-hydrogen) atoms. The third-order valence-electron chi connectivity index (χ3n) is 2.55. The molecule has 0 unspecified atom stereocenters. The maximum Gasteiger partial charge on any atom is 0.250 e. The van der Waals surface area contributed by atoms with E-state index in [4.69, 9.17) is 0 Å². The van der Waals surface area contributed by atoms with E-state index in [-0.39, 0.29) is 6.54 Å². The summed E-state index contributed by atoms with van der Waals surface area (Å²) < 4.78 is 26.6. The van der Waals surface area contributed by atoms with Gasteiger partial charge in [-0.25, -0.2) is 18.1 Å². The first kappa shape index (κ1) is 14.9. The number of hydrogen-bond acceptors (Lipinski definition) is 6. The van der Waals surface area contributed by atoms with E-state index in [1.807, 2.05) is 13.8 Å². The minimum absolute atomic E-state index is 0.287. The molecule has 8 heteroatoms. The summed E-state index contributed by atoms with van der Waals surface area (Å²) in [7, 11) is -3.40. The van der Waals surface area contributed by atoms with Crippen LogP contribution in [0.4, 0.5) is 5.82 Å². The van der Waals surface area contributed by atoms with Crippen molar-refractivity contribution in [2.75, 3.05) is 18.4 Å². The van der Waals surface area contributed by atoms with E-state index in [1.54, 1.807) is 23.7 Å². The van der Waals surface area contributed by atoms with Gasteiger partial charge in [0.2, 0.25) is 10.0 Å². The Labute approximate surface area is 122 Å². The van der Waals surface area contributed by atoms with E-state index in [0.717, 1.165) is 11.4 Å². The molecular formula is C12H16N4O2S2. The zero-order valence-electron chi connectivity index (χ0n) is 11.3. The van der Waals surface area contributed by atoms with Crippen molar-refractivity contribution in [3.05, 3.63) is 35.1 Å². The zero-order chi connectivity index (χ0) is 14.6. The van der Waals surface area contributed by atoms with Crippen molar-refractivity contribution in [3.8, 4) is 0 Å². The van der Waals surface area contributed by atoms with Gasteiger partial charge in [-0.05, 0) is 25.3 Å². The molecule has 0 aliphatic heterocycles. The second-order valence-corrected chi connectivity index (χ2v) is 7.14. The van der Waals surface area contributed by atoms with Gasteiger partial charge in [-0.1, -0.05) is 6.07 Å².